The molecule has 0 radical (unpaired) electrons. The second-order valence-corrected chi connectivity index (χ2v) is 4.49. The molecule has 0 amide bonds. The average molecular weight is 268 g/mol. The number of methoxy groups -OCH3 is 2. The van der Waals surface area contributed by atoms with Crippen LogP contribution in [0, 0.1) is 5.82 Å². The Hall–Kier alpha value is -1.46. The van der Waals surface area contributed by atoms with Gasteiger partial charge >= 0.3 is 0 Å². The largest absolute Gasteiger partial charge is 0.497 e. The van der Waals surface area contributed by atoms with Crippen molar-refractivity contribution in [2.75, 3.05) is 27.4 Å². The molecule has 1 heterocycles. The van der Waals surface area contributed by atoms with E-state index in [-0.39, 0.29) is 11.3 Å². The molecule has 0 aliphatic carbocycles. The summed E-state index contributed by atoms with van der Waals surface area (Å²) in [5.74, 6) is -0.543. The van der Waals surface area contributed by atoms with Crippen molar-refractivity contribution in [1.82, 2.24) is 0 Å². The van der Waals surface area contributed by atoms with Gasteiger partial charge in [0.25, 0.3) is 0 Å². The Kier molecular flexibility index (Phi) is 4.17. The molecule has 1 fully saturated rings. The zero-order chi connectivity index (χ0) is 13.9. The lowest BCUT2D eigenvalue weighted by atomic mass is 9.85. The minimum Gasteiger partial charge on any atom is -0.497 e. The quantitative estimate of drug-likeness (QED) is 0.785. The first kappa shape index (κ1) is 14.0. The molecular formula is C14H17FO4. The van der Waals surface area contributed by atoms with Gasteiger partial charge in [-0.2, -0.15) is 0 Å². The van der Waals surface area contributed by atoms with Crippen molar-refractivity contribution in [2.24, 2.45) is 0 Å². The van der Waals surface area contributed by atoms with Gasteiger partial charge in [-0.1, -0.05) is 0 Å². The SMILES string of the molecule is COc1ccc(C(=O)C2(OC)CCOCC2)c(F)c1. The maximum absolute atomic E-state index is 14.0. The Morgan fingerprint density at radius 1 is 1.32 bits per heavy atom. The van der Waals surface area contributed by atoms with Crippen LogP contribution in [0.2, 0.25) is 0 Å². The second-order valence-electron chi connectivity index (χ2n) is 4.49. The molecule has 19 heavy (non-hydrogen) atoms. The van der Waals surface area contributed by atoms with Crippen LogP contribution in [0.1, 0.15) is 23.2 Å². The molecule has 0 aromatic heterocycles. The van der Waals surface area contributed by atoms with E-state index in [2.05, 4.69) is 0 Å². The molecular weight excluding hydrogens is 251 g/mol. The van der Waals surface area contributed by atoms with Crippen LogP contribution in [0.5, 0.6) is 5.75 Å². The van der Waals surface area contributed by atoms with E-state index < -0.39 is 11.4 Å². The van der Waals surface area contributed by atoms with Crippen molar-refractivity contribution in [3.63, 3.8) is 0 Å². The summed E-state index contributed by atoms with van der Waals surface area (Å²) in [5.41, 5.74) is -0.947. The van der Waals surface area contributed by atoms with E-state index in [0.717, 1.165) is 0 Å². The Morgan fingerprint density at radius 2 is 2.00 bits per heavy atom. The van der Waals surface area contributed by atoms with E-state index in [0.29, 0.717) is 31.8 Å². The number of halogens is 1. The molecule has 0 N–H and O–H groups in total. The van der Waals surface area contributed by atoms with Crippen LogP contribution in [0.4, 0.5) is 4.39 Å². The molecule has 104 valence electrons. The minimum atomic E-state index is -0.978. The lowest BCUT2D eigenvalue weighted by Gasteiger charge is -2.34. The monoisotopic (exact) mass is 268 g/mol. The molecule has 0 saturated carbocycles. The predicted molar refractivity (Wildman–Crippen MR) is 67.1 cm³/mol. The number of benzene rings is 1. The first-order valence-electron chi connectivity index (χ1n) is 6.14. The number of Topliss-reactive ketones (excluding diaryl/α,β-unsaturated/α-hetero) is 1. The lowest BCUT2D eigenvalue weighted by molar-refractivity contribution is -0.0664. The summed E-state index contributed by atoms with van der Waals surface area (Å²) >= 11 is 0. The molecule has 1 aliphatic heterocycles. The molecule has 0 bridgehead atoms. The van der Waals surface area contributed by atoms with Crippen LogP contribution in [0.3, 0.4) is 0 Å². The van der Waals surface area contributed by atoms with E-state index in [1.54, 1.807) is 6.07 Å². The van der Waals surface area contributed by atoms with Crippen molar-refractivity contribution in [3.05, 3.63) is 29.6 Å². The van der Waals surface area contributed by atoms with E-state index in [1.807, 2.05) is 0 Å². The lowest BCUT2D eigenvalue weighted by Crippen LogP contribution is -2.46. The van der Waals surface area contributed by atoms with Gasteiger partial charge in [-0.05, 0) is 12.1 Å². The number of rotatable bonds is 4. The van der Waals surface area contributed by atoms with Gasteiger partial charge in [0.05, 0.1) is 12.7 Å². The number of hydrogen-bond donors (Lipinski definition) is 0. The first-order chi connectivity index (χ1) is 9.13. The van der Waals surface area contributed by atoms with Crippen LogP contribution >= 0.6 is 0 Å². The normalized spacial score (nSPS) is 18.1. The van der Waals surface area contributed by atoms with Crippen molar-refractivity contribution < 1.29 is 23.4 Å². The third-order valence-corrected chi connectivity index (χ3v) is 3.53. The Labute approximate surface area is 111 Å². The fraction of sp³-hybridized carbons (Fsp3) is 0.500. The molecule has 4 nitrogen and oxygen atoms in total. The van der Waals surface area contributed by atoms with E-state index in [4.69, 9.17) is 14.2 Å². The van der Waals surface area contributed by atoms with Crippen LogP contribution in [-0.4, -0.2) is 38.8 Å². The van der Waals surface area contributed by atoms with Crippen LogP contribution in [0.25, 0.3) is 0 Å². The van der Waals surface area contributed by atoms with Crippen molar-refractivity contribution >= 4 is 5.78 Å². The maximum Gasteiger partial charge on any atom is 0.197 e. The third kappa shape index (κ3) is 2.62. The van der Waals surface area contributed by atoms with Crippen molar-refractivity contribution in [2.45, 2.75) is 18.4 Å². The first-order valence-corrected chi connectivity index (χ1v) is 6.14. The van der Waals surface area contributed by atoms with Gasteiger partial charge in [0.1, 0.15) is 17.2 Å². The van der Waals surface area contributed by atoms with Gasteiger partial charge in [0.15, 0.2) is 5.78 Å². The van der Waals surface area contributed by atoms with Gasteiger partial charge in [-0.3, -0.25) is 4.79 Å². The Balaban J connectivity index is 2.32. The summed E-state index contributed by atoms with van der Waals surface area (Å²) in [6, 6.07) is 4.21. The number of carbonyl (C=O) groups excluding carboxylic acids is 1. The van der Waals surface area contributed by atoms with Gasteiger partial charge in [-0.25, -0.2) is 4.39 Å². The fourth-order valence-electron chi connectivity index (χ4n) is 2.28. The van der Waals surface area contributed by atoms with Crippen LogP contribution < -0.4 is 4.74 Å². The number of ether oxygens (including phenoxy) is 3. The maximum atomic E-state index is 14.0. The molecule has 5 heteroatoms. The van der Waals surface area contributed by atoms with Crippen molar-refractivity contribution in [3.8, 4) is 5.75 Å². The number of carbonyl (C=O) groups is 1. The molecule has 1 aromatic carbocycles. The summed E-state index contributed by atoms with van der Waals surface area (Å²) in [7, 11) is 2.93. The molecule has 1 saturated heterocycles. The van der Waals surface area contributed by atoms with Gasteiger partial charge in [0, 0.05) is 39.2 Å². The highest BCUT2D eigenvalue weighted by molar-refractivity contribution is 6.02. The number of ketones is 1. The van der Waals surface area contributed by atoms with E-state index in [9.17, 15) is 9.18 Å². The molecule has 0 spiro atoms. The van der Waals surface area contributed by atoms with Gasteiger partial charge in [0.2, 0.25) is 0 Å². The molecule has 1 aliphatic rings. The third-order valence-electron chi connectivity index (χ3n) is 3.53. The minimum absolute atomic E-state index is 0.0320. The standard InChI is InChI=1S/C14H17FO4/c1-17-10-3-4-11(12(15)9-10)13(16)14(18-2)5-7-19-8-6-14/h3-4,9H,5-8H2,1-2H3. The second kappa shape index (κ2) is 5.67. The highest BCUT2D eigenvalue weighted by atomic mass is 19.1. The molecule has 1 aromatic rings. The van der Waals surface area contributed by atoms with Crippen molar-refractivity contribution in [1.29, 1.82) is 0 Å². The summed E-state index contributed by atoms with van der Waals surface area (Å²) in [6.45, 7) is 0.884. The summed E-state index contributed by atoms with van der Waals surface area (Å²) < 4.78 is 29.5. The summed E-state index contributed by atoms with van der Waals surface area (Å²) in [6.07, 6.45) is 0.877. The predicted octanol–water partition coefficient (Wildman–Crippen LogP) is 2.21. The highest BCUT2D eigenvalue weighted by Crippen LogP contribution is 2.30. The molecule has 0 unspecified atom stereocenters. The molecule has 0 atom stereocenters. The van der Waals surface area contributed by atoms with Gasteiger partial charge < -0.3 is 14.2 Å². The van der Waals surface area contributed by atoms with E-state index in [1.165, 1.54) is 26.4 Å². The summed E-state index contributed by atoms with van der Waals surface area (Å²) in [5, 5.41) is 0. The van der Waals surface area contributed by atoms with Crippen LogP contribution in [-0.2, 0) is 9.47 Å². The zero-order valence-corrected chi connectivity index (χ0v) is 11.1. The van der Waals surface area contributed by atoms with Gasteiger partial charge in [-0.15, -0.1) is 0 Å². The van der Waals surface area contributed by atoms with E-state index >= 15 is 0 Å². The average Bonchev–Trinajstić information content (AvgIpc) is 2.47. The Morgan fingerprint density at radius 3 is 2.53 bits per heavy atom. The topological polar surface area (TPSA) is 44.8 Å². The fourth-order valence-corrected chi connectivity index (χ4v) is 2.28. The highest BCUT2D eigenvalue weighted by Gasteiger charge is 2.41. The van der Waals surface area contributed by atoms with Crippen LogP contribution in [0.15, 0.2) is 18.2 Å². The smallest absolute Gasteiger partial charge is 0.197 e. The zero-order valence-electron chi connectivity index (χ0n) is 11.1. The Bertz CT molecular complexity index is 467. The molecule has 2 rings (SSSR count). The number of hydrogen-bond acceptors (Lipinski definition) is 4. The summed E-state index contributed by atoms with van der Waals surface area (Å²) in [4.78, 5) is 12.5.